The number of pyridine rings is 1. The molecule has 1 fully saturated rings. The Labute approximate surface area is 234 Å². The summed E-state index contributed by atoms with van der Waals surface area (Å²) in [6.07, 6.45) is 3.07. The fourth-order valence-corrected chi connectivity index (χ4v) is 6.25. The lowest BCUT2D eigenvalue weighted by molar-refractivity contribution is -0.135. The predicted octanol–water partition coefficient (Wildman–Crippen LogP) is 4.79. The Morgan fingerprint density at radius 3 is 2.75 bits per heavy atom. The monoisotopic (exact) mass is 557 g/mol. The van der Waals surface area contributed by atoms with Gasteiger partial charge in [-0.05, 0) is 61.7 Å². The van der Waals surface area contributed by atoms with E-state index in [1.54, 1.807) is 22.1 Å². The zero-order valence-electron chi connectivity index (χ0n) is 21.7. The van der Waals surface area contributed by atoms with Crippen molar-refractivity contribution in [3.8, 4) is 11.5 Å². The Bertz CT molecular complexity index is 1620. The quantitative estimate of drug-likeness (QED) is 0.313. The van der Waals surface area contributed by atoms with E-state index in [9.17, 15) is 19.5 Å². The lowest BCUT2D eigenvalue weighted by Gasteiger charge is -2.33. The summed E-state index contributed by atoms with van der Waals surface area (Å²) in [6, 6.07) is 16.1. The molecule has 2 aliphatic rings. The molecule has 11 heteroatoms. The summed E-state index contributed by atoms with van der Waals surface area (Å²) in [4.78, 5) is 47.4. The normalized spacial score (nSPS) is 16.6. The number of ether oxygens (including phenoxy) is 1. The number of benzene rings is 2. The van der Waals surface area contributed by atoms with E-state index < -0.39 is 6.61 Å². The van der Waals surface area contributed by atoms with Crippen LogP contribution in [0.2, 0.25) is 0 Å². The number of rotatable bonds is 6. The molecular weight excluding hydrogens is 530 g/mol. The molecule has 0 bridgehead atoms. The number of para-hydroxylation sites is 1. The molecular formula is C29H27N5O5S. The number of aliphatic hydroxyl groups is 1. The van der Waals surface area contributed by atoms with Gasteiger partial charge in [0.05, 0.1) is 22.4 Å². The zero-order valence-corrected chi connectivity index (χ0v) is 22.5. The number of likely N-dealkylation sites (tertiary alicyclic amines) is 1. The average Bonchev–Trinajstić information content (AvgIpc) is 3.33. The van der Waals surface area contributed by atoms with Gasteiger partial charge in [-0.15, -0.1) is 11.3 Å². The van der Waals surface area contributed by atoms with Gasteiger partial charge in [-0.2, -0.15) is 0 Å². The molecule has 4 heterocycles. The first-order valence-corrected chi connectivity index (χ1v) is 13.8. The van der Waals surface area contributed by atoms with E-state index in [4.69, 9.17) is 4.74 Å². The van der Waals surface area contributed by atoms with Crippen LogP contribution in [0.4, 0.5) is 21.9 Å². The maximum absolute atomic E-state index is 13.5. The van der Waals surface area contributed by atoms with Crippen LogP contribution in [0.3, 0.4) is 0 Å². The number of urea groups is 1. The number of carbonyl (C=O) groups is 3. The highest BCUT2D eigenvalue weighted by Gasteiger charge is 2.34. The molecule has 1 atom stereocenters. The average molecular weight is 558 g/mol. The van der Waals surface area contributed by atoms with Crippen LogP contribution in [0.25, 0.3) is 10.2 Å². The summed E-state index contributed by atoms with van der Waals surface area (Å²) in [5, 5.41) is 15.8. The second-order valence-corrected chi connectivity index (χ2v) is 10.8. The molecule has 0 aliphatic carbocycles. The number of carbonyl (C=O) groups excluding carboxylic acids is 3. The number of nitrogens with one attached hydrogen (secondary N) is 2. The van der Waals surface area contributed by atoms with Gasteiger partial charge in [-0.3, -0.25) is 14.5 Å². The summed E-state index contributed by atoms with van der Waals surface area (Å²) >= 11 is 1.21. The molecule has 2 aromatic heterocycles. The molecule has 1 unspecified atom stereocenters. The molecule has 0 spiro atoms. The van der Waals surface area contributed by atoms with Gasteiger partial charge in [0.1, 0.15) is 27.8 Å². The van der Waals surface area contributed by atoms with Gasteiger partial charge >= 0.3 is 6.03 Å². The molecule has 0 saturated carbocycles. The second-order valence-electron chi connectivity index (χ2n) is 9.76. The first-order valence-electron chi connectivity index (χ1n) is 13.0. The third kappa shape index (κ3) is 4.74. The van der Waals surface area contributed by atoms with Gasteiger partial charge < -0.3 is 25.4 Å². The summed E-state index contributed by atoms with van der Waals surface area (Å²) in [6.45, 7) is 2.24. The fourth-order valence-electron chi connectivity index (χ4n) is 5.22. The van der Waals surface area contributed by atoms with Crippen molar-refractivity contribution in [3.05, 3.63) is 71.2 Å². The van der Waals surface area contributed by atoms with E-state index in [-0.39, 0.29) is 23.9 Å². The zero-order chi connectivity index (χ0) is 27.8. The van der Waals surface area contributed by atoms with E-state index in [2.05, 4.69) is 15.6 Å². The molecule has 4 aromatic rings. The van der Waals surface area contributed by atoms with Crippen LogP contribution in [0.15, 0.2) is 60.8 Å². The Kier molecular flexibility index (Phi) is 6.82. The van der Waals surface area contributed by atoms with Gasteiger partial charge in [0.25, 0.3) is 5.91 Å². The highest BCUT2D eigenvalue weighted by Crippen LogP contribution is 2.46. The van der Waals surface area contributed by atoms with Gasteiger partial charge in [0.15, 0.2) is 0 Å². The largest absolute Gasteiger partial charge is 0.457 e. The number of piperidine rings is 1. The van der Waals surface area contributed by atoms with Crippen LogP contribution in [0.5, 0.6) is 11.5 Å². The molecule has 6 rings (SSSR count). The number of aliphatic hydroxyl groups excluding tert-OH is 1. The van der Waals surface area contributed by atoms with Crippen LogP contribution < -0.4 is 20.3 Å². The van der Waals surface area contributed by atoms with Crippen molar-refractivity contribution in [1.29, 1.82) is 0 Å². The number of hydrogen-bond donors (Lipinski definition) is 3. The standard InChI is InChI=1S/C29H27N5O5S/c1-17-14-20(39-19-7-3-2-4-8-19)9-10-21(17)34-22-11-12-30-28-24(22)25(32-29(34)38)26(40-28)27(37)31-18-6-5-13-33(15-18)23(36)16-35/h2-4,7-12,14,18,35H,5-6,13,15-16H2,1H3,(H,31,37)(H,32,38). The van der Waals surface area contributed by atoms with E-state index in [1.807, 2.05) is 55.5 Å². The summed E-state index contributed by atoms with van der Waals surface area (Å²) in [7, 11) is 0. The Hall–Kier alpha value is -4.48. The van der Waals surface area contributed by atoms with Crippen LogP contribution in [0.1, 0.15) is 28.1 Å². The van der Waals surface area contributed by atoms with Crippen molar-refractivity contribution in [2.24, 2.45) is 0 Å². The smallest absolute Gasteiger partial charge is 0.331 e. The Balaban J connectivity index is 1.29. The SMILES string of the molecule is Cc1cc(Oc2ccccc2)ccc1N1C(=O)Nc2c(C(=O)NC3CCCN(C(=O)CO)C3)sc3nccc1c23. The van der Waals surface area contributed by atoms with Gasteiger partial charge in [-0.1, -0.05) is 18.2 Å². The van der Waals surface area contributed by atoms with Crippen molar-refractivity contribution in [2.45, 2.75) is 25.8 Å². The van der Waals surface area contributed by atoms with Crippen LogP contribution in [0, 0.1) is 6.92 Å². The van der Waals surface area contributed by atoms with E-state index >= 15 is 0 Å². The molecule has 3 N–H and O–H groups in total. The number of hydrogen-bond acceptors (Lipinski definition) is 7. The Morgan fingerprint density at radius 1 is 1.15 bits per heavy atom. The number of nitrogens with zero attached hydrogens (tertiary/aromatic N) is 3. The first kappa shape index (κ1) is 25.8. The second kappa shape index (κ2) is 10.6. The Morgan fingerprint density at radius 2 is 1.98 bits per heavy atom. The molecule has 204 valence electrons. The number of amides is 4. The van der Waals surface area contributed by atoms with E-state index in [1.165, 1.54) is 11.3 Å². The van der Waals surface area contributed by atoms with Crippen LogP contribution in [-0.4, -0.2) is 58.6 Å². The molecule has 4 amide bonds. The maximum atomic E-state index is 13.5. The summed E-state index contributed by atoms with van der Waals surface area (Å²) < 4.78 is 5.95. The topological polar surface area (TPSA) is 124 Å². The minimum absolute atomic E-state index is 0.253. The highest BCUT2D eigenvalue weighted by molar-refractivity contribution is 7.21. The van der Waals surface area contributed by atoms with Crippen molar-refractivity contribution < 1.29 is 24.2 Å². The third-order valence-electron chi connectivity index (χ3n) is 7.08. The van der Waals surface area contributed by atoms with Crippen molar-refractivity contribution in [3.63, 3.8) is 0 Å². The molecule has 0 radical (unpaired) electrons. The van der Waals surface area contributed by atoms with Gasteiger partial charge in [-0.25, -0.2) is 9.78 Å². The first-order chi connectivity index (χ1) is 19.4. The van der Waals surface area contributed by atoms with E-state index in [0.29, 0.717) is 57.4 Å². The van der Waals surface area contributed by atoms with Gasteiger partial charge in [0, 0.05) is 25.3 Å². The molecule has 10 nitrogen and oxygen atoms in total. The fraction of sp³-hybridized carbons (Fsp3) is 0.241. The van der Waals surface area contributed by atoms with Crippen molar-refractivity contribution in [1.82, 2.24) is 15.2 Å². The lowest BCUT2D eigenvalue weighted by Crippen LogP contribution is -2.50. The van der Waals surface area contributed by atoms with Crippen molar-refractivity contribution >= 4 is 56.5 Å². The number of anilines is 3. The van der Waals surface area contributed by atoms with Gasteiger partial charge in [0.2, 0.25) is 5.91 Å². The maximum Gasteiger partial charge on any atom is 0.331 e. The van der Waals surface area contributed by atoms with E-state index in [0.717, 1.165) is 17.7 Å². The highest BCUT2D eigenvalue weighted by atomic mass is 32.1. The minimum atomic E-state index is -0.555. The van der Waals surface area contributed by atoms with Crippen molar-refractivity contribution in [2.75, 3.05) is 29.9 Å². The number of aryl methyl sites for hydroxylation is 1. The molecule has 2 aromatic carbocycles. The molecule has 1 saturated heterocycles. The third-order valence-corrected chi connectivity index (χ3v) is 8.18. The van der Waals surface area contributed by atoms with Crippen LogP contribution >= 0.6 is 11.3 Å². The predicted molar refractivity (Wildman–Crippen MR) is 153 cm³/mol. The lowest BCUT2D eigenvalue weighted by atomic mass is 10.1. The molecule has 2 aliphatic heterocycles. The summed E-state index contributed by atoms with van der Waals surface area (Å²) in [5.74, 6) is 0.685. The minimum Gasteiger partial charge on any atom is -0.457 e. The molecule has 40 heavy (non-hydrogen) atoms. The number of thiophene rings is 1. The van der Waals surface area contributed by atoms with Crippen LogP contribution in [-0.2, 0) is 4.79 Å². The summed E-state index contributed by atoms with van der Waals surface area (Å²) in [5.41, 5.74) is 2.59. The number of aromatic nitrogens is 1.